The van der Waals surface area contributed by atoms with Crippen LogP contribution < -0.4 is 0 Å². The van der Waals surface area contributed by atoms with Crippen molar-refractivity contribution in [3.05, 3.63) is 175 Å². The molecule has 0 unspecified atom stereocenters. The Morgan fingerprint density at radius 1 is 0.694 bits per heavy atom. The summed E-state index contributed by atoms with van der Waals surface area (Å²) in [6, 6.07) is 25.8. The van der Waals surface area contributed by atoms with Crippen molar-refractivity contribution in [2.75, 3.05) is 0 Å². The Bertz CT molecular complexity index is 1900. The van der Waals surface area contributed by atoms with E-state index in [4.69, 9.17) is 67.5 Å². The Hall–Kier alpha value is -3.37. The maximum absolute atomic E-state index is 11.2. The number of hydrogen-bond acceptors (Lipinski definition) is 5. The van der Waals surface area contributed by atoms with E-state index in [1.165, 1.54) is 0 Å². The number of aryl methyl sites for hydroxylation is 1. The monoisotopic (exact) mass is 756 g/mol. The third kappa shape index (κ3) is 10.8. The van der Waals surface area contributed by atoms with E-state index in [-0.39, 0.29) is 19.3 Å². The molecule has 0 saturated carbocycles. The van der Waals surface area contributed by atoms with Gasteiger partial charge in [-0.3, -0.25) is 0 Å². The molecule has 0 aliphatic carbocycles. The lowest BCUT2D eigenvalue weighted by Gasteiger charge is -2.30. The number of ether oxygens (including phenoxy) is 2. The Labute approximate surface area is 310 Å². The number of nitrogens with zero attached hydrogens (tertiary/aromatic N) is 4. The average molecular weight is 759 g/mol. The van der Waals surface area contributed by atoms with Crippen molar-refractivity contribution in [2.24, 2.45) is 0 Å². The van der Waals surface area contributed by atoms with E-state index in [9.17, 15) is 5.11 Å². The van der Waals surface area contributed by atoms with Crippen LogP contribution in [0.25, 0.3) is 0 Å². The molecular formula is C37H33Cl5N4O3. The van der Waals surface area contributed by atoms with Crippen molar-refractivity contribution < 1.29 is 14.6 Å². The van der Waals surface area contributed by atoms with Gasteiger partial charge in [0.15, 0.2) is 0 Å². The van der Waals surface area contributed by atoms with E-state index >= 15 is 0 Å². The summed E-state index contributed by atoms with van der Waals surface area (Å²) in [6.07, 6.45) is 10.3. The van der Waals surface area contributed by atoms with E-state index < -0.39 is 5.79 Å². The van der Waals surface area contributed by atoms with Gasteiger partial charge in [-0.2, -0.15) is 0 Å². The number of imidazole rings is 2. The third-order valence-corrected chi connectivity index (χ3v) is 8.88. The fraction of sp³-hybridized carbons (Fsp3) is 0.189. The molecular weight excluding hydrogens is 726 g/mol. The molecule has 2 aromatic heterocycles. The summed E-state index contributed by atoms with van der Waals surface area (Å²) in [6.45, 7) is 3.47. The molecule has 254 valence electrons. The van der Waals surface area contributed by atoms with Gasteiger partial charge in [-0.1, -0.05) is 100 Å². The van der Waals surface area contributed by atoms with Crippen molar-refractivity contribution in [1.29, 1.82) is 0 Å². The number of halogens is 5. The molecule has 4 aromatic carbocycles. The van der Waals surface area contributed by atoms with Crippen LogP contribution in [0, 0.1) is 6.92 Å². The highest BCUT2D eigenvalue weighted by Crippen LogP contribution is 2.34. The topological polar surface area (TPSA) is 74.3 Å². The molecule has 0 amide bonds. The summed E-state index contributed by atoms with van der Waals surface area (Å²) in [4.78, 5) is 8.09. The van der Waals surface area contributed by atoms with Crippen molar-refractivity contribution >= 4 is 58.0 Å². The first-order chi connectivity index (χ1) is 23.6. The second-order valence-corrected chi connectivity index (χ2v) is 13.4. The number of hydrogen-bond donors (Lipinski definition) is 1. The van der Waals surface area contributed by atoms with Crippen LogP contribution in [0.3, 0.4) is 0 Å². The van der Waals surface area contributed by atoms with Gasteiger partial charge in [-0.15, -0.1) is 0 Å². The van der Waals surface area contributed by atoms with Gasteiger partial charge >= 0.3 is 0 Å². The summed E-state index contributed by atoms with van der Waals surface area (Å²) >= 11 is 30.5. The van der Waals surface area contributed by atoms with Gasteiger partial charge in [0.25, 0.3) is 0 Å². The molecule has 0 fully saturated rings. The average Bonchev–Trinajstić information content (AvgIpc) is 3.79. The Morgan fingerprint density at radius 2 is 1.29 bits per heavy atom. The van der Waals surface area contributed by atoms with E-state index in [0.29, 0.717) is 33.8 Å². The van der Waals surface area contributed by atoms with Crippen LogP contribution in [0.1, 0.15) is 33.9 Å². The number of rotatable bonds is 12. The predicted molar refractivity (Wildman–Crippen MR) is 196 cm³/mol. The maximum atomic E-state index is 11.2. The van der Waals surface area contributed by atoms with Crippen molar-refractivity contribution in [3.63, 3.8) is 0 Å². The lowest BCUT2D eigenvalue weighted by atomic mass is 10.1. The minimum Gasteiger partial charge on any atom is -0.367 e. The van der Waals surface area contributed by atoms with Crippen molar-refractivity contribution in [3.8, 4) is 0 Å². The van der Waals surface area contributed by atoms with Crippen LogP contribution >= 0.6 is 58.0 Å². The molecule has 6 aromatic rings. The summed E-state index contributed by atoms with van der Waals surface area (Å²) < 4.78 is 15.7. The van der Waals surface area contributed by atoms with Gasteiger partial charge in [0.05, 0.1) is 44.0 Å². The predicted octanol–water partition coefficient (Wildman–Crippen LogP) is 10.4. The minimum absolute atomic E-state index is 0.127. The zero-order valence-electron chi connectivity index (χ0n) is 26.4. The second kappa shape index (κ2) is 17.5. The SMILES string of the molecule is Cc1ccc([C@@H](Cn2ccnc2)OCc2ccc(Cl)cc2)c(Cl)c1.O[C@@](Cn1ccnc1)(OCc1ccc(Cl)cc1)c1ccc(Cl)cc1Cl. The van der Waals surface area contributed by atoms with Crippen LogP contribution in [-0.2, 0) is 41.6 Å². The summed E-state index contributed by atoms with van der Waals surface area (Å²) in [5.74, 6) is -1.65. The molecule has 0 radical (unpaired) electrons. The molecule has 0 saturated heterocycles. The van der Waals surface area contributed by atoms with Crippen molar-refractivity contribution in [1.82, 2.24) is 19.1 Å². The van der Waals surface area contributed by atoms with Gasteiger partial charge in [0, 0.05) is 56.0 Å². The van der Waals surface area contributed by atoms with Gasteiger partial charge in [-0.05, 0) is 66.1 Å². The second-order valence-electron chi connectivity index (χ2n) is 11.3. The Balaban J connectivity index is 0.000000191. The fourth-order valence-electron chi connectivity index (χ4n) is 4.92. The first kappa shape index (κ1) is 36.9. The maximum Gasteiger partial charge on any atom is 0.212 e. The van der Waals surface area contributed by atoms with Crippen molar-refractivity contribution in [2.45, 2.75) is 45.1 Å². The summed E-state index contributed by atoms with van der Waals surface area (Å²) in [5.41, 5.74) is 4.48. The smallest absolute Gasteiger partial charge is 0.212 e. The molecule has 7 nitrogen and oxygen atoms in total. The fourth-order valence-corrected chi connectivity index (χ4v) is 6.09. The van der Waals surface area contributed by atoms with E-state index in [1.54, 1.807) is 66.1 Å². The molecule has 6 rings (SSSR count). The first-order valence-electron chi connectivity index (χ1n) is 15.2. The molecule has 2 atom stereocenters. The van der Waals surface area contributed by atoms with Gasteiger partial charge in [0.2, 0.25) is 5.79 Å². The molecule has 1 N–H and O–H groups in total. The summed E-state index contributed by atoms with van der Waals surface area (Å²) in [5, 5.41) is 14.1. The zero-order chi connectivity index (χ0) is 34.8. The first-order valence-corrected chi connectivity index (χ1v) is 17.1. The van der Waals surface area contributed by atoms with Gasteiger partial charge in [0.1, 0.15) is 6.10 Å². The number of aromatic nitrogens is 4. The molecule has 0 aliphatic rings. The number of aliphatic hydroxyl groups is 1. The quantitative estimate of drug-likeness (QED) is 0.126. The largest absolute Gasteiger partial charge is 0.367 e. The van der Waals surface area contributed by atoms with Crippen LogP contribution in [-0.4, -0.2) is 24.2 Å². The third-order valence-electron chi connectivity index (χ3n) is 7.50. The zero-order valence-corrected chi connectivity index (χ0v) is 30.2. The minimum atomic E-state index is -1.65. The highest BCUT2D eigenvalue weighted by atomic mass is 35.5. The van der Waals surface area contributed by atoms with Crippen LogP contribution in [0.5, 0.6) is 0 Å². The standard InChI is InChI=1S/C19H18Cl2N2O.C18H15Cl3N2O2/c1-14-2-7-17(18(21)10-14)19(11-23-9-8-22-13-23)24-12-15-3-5-16(20)6-4-15;19-14-3-1-13(2-4-14)10-25-18(24,11-23-8-7-22-12-23)16-6-5-15(20)9-17(16)21/h2-10,13,19H,11-12H2,1H3;1-9,12,24H,10-11H2/t19-;18-/m10/s1. The molecule has 0 spiro atoms. The number of benzene rings is 4. The van der Waals surface area contributed by atoms with Gasteiger partial charge in [-0.25, -0.2) is 9.97 Å². The molecule has 12 heteroatoms. The highest BCUT2D eigenvalue weighted by Gasteiger charge is 2.33. The lowest BCUT2D eigenvalue weighted by molar-refractivity contribution is -0.229. The van der Waals surface area contributed by atoms with Crippen LogP contribution in [0.4, 0.5) is 0 Å². The van der Waals surface area contributed by atoms with Gasteiger partial charge < -0.3 is 23.7 Å². The Kier molecular flexibility index (Phi) is 13.2. The van der Waals surface area contributed by atoms with E-state index in [0.717, 1.165) is 32.3 Å². The lowest BCUT2D eigenvalue weighted by Crippen LogP contribution is -2.34. The summed E-state index contributed by atoms with van der Waals surface area (Å²) in [7, 11) is 0. The van der Waals surface area contributed by atoms with Crippen LogP contribution in [0.15, 0.2) is 122 Å². The molecule has 0 aliphatic heterocycles. The molecule has 0 bridgehead atoms. The highest BCUT2D eigenvalue weighted by molar-refractivity contribution is 6.35. The van der Waals surface area contributed by atoms with E-state index in [2.05, 4.69) is 9.97 Å². The Morgan fingerprint density at radius 3 is 1.86 bits per heavy atom. The molecule has 49 heavy (non-hydrogen) atoms. The van der Waals surface area contributed by atoms with E-state index in [1.807, 2.05) is 72.3 Å². The van der Waals surface area contributed by atoms with Crippen LogP contribution in [0.2, 0.25) is 25.1 Å². The normalized spacial score (nSPS) is 13.0. The molecule has 2 heterocycles.